The third-order valence-corrected chi connectivity index (χ3v) is 3.50. The molecule has 3 N–H and O–H groups in total. The summed E-state index contributed by atoms with van der Waals surface area (Å²) in [6.07, 6.45) is 6.54. The van der Waals surface area contributed by atoms with Gasteiger partial charge in [-0.1, -0.05) is 18.9 Å². The molecule has 0 saturated heterocycles. The van der Waals surface area contributed by atoms with Crippen LogP contribution >= 0.6 is 0 Å². The van der Waals surface area contributed by atoms with Gasteiger partial charge < -0.3 is 15.6 Å². The predicted octanol–water partition coefficient (Wildman–Crippen LogP) is 3.23. The van der Waals surface area contributed by atoms with E-state index >= 15 is 0 Å². The molecule has 1 aromatic carbocycles. The van der Waals surface area contributed by atoms with E-state index in [2.05, 4.69) is 15.6 Å². The molecule has 94 valence electrons. The number of aromatic nitrogens is 1. The Kier molecular flexibility index (Phi) is 2.92. The van der Waals surface area contributed by atoms with Crippen molar-refractivity contribution in [2.45, 2.75) is 31.7 Å². The molecule has 0 atom stereocenters. The summed E-state index contributed by atoms with van der Waals surface area (Å²) >= 11 is 0. The van der Waals surface area contributed by atoms with Crippen LogP contribution in [0.5, 0.6) is 0 Å². The Morgan fingerprint density at radius 3 is 2.89 bits per heavy atom. The monoisotopic (exact) mass is 243 g/mol. The third kappa shape index (κ3) is 2.32. The van der Waals surface area contributed by atoms with Gasteiger partial charge in [-0.25, -0.2) is 4.79 Å². The Morgan fingerprint density at radius 1 is 1.22 bits per heavy atom. The molecule has 4 heteroatoms. The summed E-state index contributed by atoms with van der Waals surface area (Å²) in [7, 11) is 0. The van der Waals surface area contributed by atoms with E-state index in [0.717, 1.165) is 29.4 Å². The fraction of sp³-hybridized carbons (Fsp3) is 0.357. The van der Waals surface area contributed by atoms with Crippen molar-refractivity contribution in [2.75, 3.05) is 5.32 Å². The number of H-pyrrole nitrogens is 1. The highest BCUT2D eigenvalue weighted by Crippen LogP contribution is 2.19. The molecule has 0 aliphatic heterocycles. The van der Waals surface area contributed by atoms with Crippen molar-refractivity contribution in [3.8, 4) is 0 Å². The van der Waals surface area contributed by atoms with Crippen molar-refractivity contribution < 1.29 is 4.79 Å². The number of rotatable bonds is 2. The van der Waals surface area contributed by atoms with E-state index < -0.39 is 0 Å². The van der Waals surface area contributed by atoms with E-state index in [0.29, 0.717) is 6.04 Å². The van der Waals surface area contributed by atoms with Crippen molar-refractivity contribution in [3.63, 3.8) is 0 Å². The van der Waals surface area contributed by atoms with Gasteiger partial charge >= 0.3 is 6.03 Å². The zero-order valence-corrected chi connectivity index (χ0v) is 10.2. The molecule has 1 fully saturated rings. The van der Waals surface area contributed by atoms with Gasteiger partial charge in [-0.15, -0.1) is 0 Å². The van der Waals surface area contributed by atoms with Crippen LogP contribution in [-0.2, 0) is 0 Å². The molecule has 3 rings (SSSR count). The Bertz CT molecular complexity index is 555. The molecule has 1 aliphatic rings. The first-order valence-corrected chi connectivity index (χ1v) is 6.46. The topological polar surface area (TPSA) is 56.9 Å². The van der Waals surface area contributed by atoms with E-state index in [1.807, 2.05) is 30.5 Å². The largest absolute Gasteiger partial charge is 0.361 e. The molecular weight excluding hydrogens is 226 g/mol. The van der Waals surface area contributed by atoms with Gasteiger partial charge in [0.2, 0.25) is 0 Å². The molecule has 2 aromatic rings. The van der Waals surface area contributed by atoms with E-state index in [1.165, 1.54) is 12.8 Å². The zero-order chi connectivity index (χ0) is 12.4. The minimum Gasteiger partial charge on any atom is -0.361 e. The molecule has 0 unspecified atom stereocenters. The van der Waals surface area contributed by atoms with Crippen LogP contribution in [-0.4, -0.2) is 17.1 Å². The van der Waals surface area contributed by atoms with Crippen LogP contribution in [0.3, 0.4) is 0 Å². The molecule has 1 saturated carbocycles. The number of urea groups is 1. The number of hydrogen-bond acceptors (Lipinski definition) is 1. The summed E-state index contributed by atoms with van der Waals surface area (Å²) in [6, 6.07) is 8.12. The molecule has 1 aromatic heterocycles. The summed E-state index contributed by atoms with van der Waals surface area (Å²) in [6.45, 7) is 0. The lowest BCUT2D eigenvalue weighted by molar-refractivity contribution is 0.248. The van der Waals surface area contributed by atoms with E-state index in [9.17, 15) is 4.79 Å². The standard InChI is InChI=1S/C14H17N3O/c18-14(16-11-3-1-2-4-11)17-12-6-5-10-7-8-15-13(10)9-12/h5-9,11,15H,1-4H2,(H2,16,17,18). The maximum absolute atomic E-state index is 11.8. The number of benzene rings is 1. The number of amides is 2. The Balaban J connectivity index is 1.65. The van der Waals surface area contributed by atoms with Gasteiger partial charge in [0, 0.05) is 23.4 Å². The van der Waals surface area contributed by atoms with Crippen LogP contribution in [0.15, 0.2) is 30.5 Å². The Labute approximate surface area is 106 Å². The minimum absolute atomic E-state index is 0.104. The molecule has 0 radical (unpaired) electrons. The van der Waals surface area contributed by atoms with Crippen LogP contribution in [0.4, 0.5) is 10.5 Å². The van der Waals surface area contributed by atoms with Gasteiger partial charge in [-0.2, -0.15) is 0 Å². The molecule has 18 heavy (non-hydrogen) atoms. The first-order chi connectivity index (χ1) is 8.81. The first-order valence-electron chi connectivity index (χ1n) is 6.46. The highest BCUT2D eigenvalue weighted by atomic mass is 16.2. The average Bonchev–Trinajstić information content (AvgIpc) is 2.98. The predicted molar refractivity (Wildman–Crippen MR) is 72.7 cm³/mol. The lowest BCUT2D eigenvalue weighted by Gasteiger charge is -2.12. The van der Waals surface area contributed by atoms with Crippen molar-refractivity contribution in [2.24, 2.45) is 0 Å². The number of anilines is 1. The highest BCUT2D eigenvalue weighted by Gasteiger charge is 2.16. The first kappa shape index (κ1) is 11.1. The lowest BCUT2D eigenvalue weighted by atomic mass is 10.2. The van der Waals surface area contributed by atoms with Gasteiger partial charge in [0.15, 0.2) is 0 Å². The SMILES string of the molecule is O=C(Nc1ccc2cc[nH]c2c1)NC1CCCC1. The fourth-order valence-electron chi connectivity index (χ4n) is 2.55. The maximum Gasteiger partial charge on any atom is 0.319 e. The minimum atomic E-state index is -0.104. The smallest absolute Gasteiger partial charge is 0.319 e. The van der Waals surface area contributed by atoms with Gasteiger partial charge in [0.1, 0.15) is 0 Å². The van der Waals surface area contributed by atoms with Crippen LogP contribution in [0.1, 0.15) is 25.7 Å². The molecule has 2 amide bonds. The molecule has 0 spiro atoms. The summed E-state index contributed by atoms with van der Waals surface area (Å²) in [5.74, 6) is 0. The summed E-state index contributed by atoms with van der Waals surface area (Å²) in [5, 5.41) is 7.04. The van der Waals surface area contributed by atoms with Crippen molar-refractivity contribution in [3.05, 3.63) is 30.5 Å². The van der Waals surface area contributed by atoms with Crippen molar-refractivity contribution in [1.82, 2.24) is 10.3 Å². The van der Waals surface area contributed by atoms with Gasteiger partial charge in [-0.3, -0.25) is 0 Å². The average molecular weight is 243 g/mol. The van der Waals surface area contributed by atoms with E-state index in [4.69, 9.17) is 0 Å². The van der Waals surface area contributed by atoms with Crippen LogP contribution < -0.4 is 10.6 Å². The molecule has 4 nitrogen and oxygen atoms in total. The van der Waals surface area contributed by atoms with Crippen LogP contribution in [0.25, 0.3) is 10.9 Å². The number of hydrogen-bond donors (Lipinski definition) is 3. The Hall–Kier alpha value is -1.97. The number of carbonyl (C=O) groups is 1. The number of nitrogens with one attached hydrogen (secondary N) is 3. The summed E-state index contributed by atoms with van der Waals surface area (Å²) < 4.78 is 0. The summed E-state index contributed by atoms with van der Waals surface area (Å²) in [5.41, 5.74) is 1.86. The molecule has 0 bridgehead atoms. The molecule has 1 heterocycles. The fourth-order valence-corrected chi connectivity index (χ4v) is 2.55. The zero-order valence-electron chi connectivity index (χ0n) is 10.2. The quantitative estimate of drug-likeness (QED) is 0.745. The van der Waals surface area contributed by atoms with Gasteiger partial charge in [0.05, 0.1) is 0 Å². The highest BCUT2D eigenvalue weighted by molar-refractivity contribution is 5.92. The van der Waals surface area contributed by atoms with Crippen LogP contribution in [0.2, 0.25) is 0 Å². The lowest BCUT2D eigenvalue weighted by Crippen LogP contribution is -2.36. The Morgan fingerprint density at radius 2 is 2.06 bits per heavy atom. The van der Waals surface area contributed by atoms with Gasteiger partial charge in [-0.05, 0) is 36.4 Å². The van der Waals surface area contributed by atoms with E-state index in [-0.39, 0.29) is 6.03 Å². The summed E-state index contributed by atoms with van der Waals surface area (Å²) in [4.78, 5) is 14.9. The second-order valence-corrected chi connectivity index (χ2v) is 4.86. The number of carbonyl (C=O) groups excluding carboxylic acids is 1. The van der Waals surface area contributed by atoms with Crippen molar-refractivity contribution in [1.29, 1.82) is 0 Å². The number of fused-ring (bicyclic) bond motifs is 1. The van der Waals surface area contributed by atoms with Crippen molar-refractivity contribution >= 4 is 22.6 Å². The maximum atomic E-state index is 11.8. The van der Waals surface area contributed by atoms with E-state index in [1.54, 1.807) is 0 Å². The van der Waals surface area contributed by atoms with Crippen LogP contribution in [0, 0.1) is 0 Å². The second-order valence-electron chi connectivity index (χ2n) is 4.86. The third-order valence-electron chi connectivity index (χ3n) is 3.50. The number of aromatic amines is 1. The normalized spacial score (nSPS) is 16.0. The molecule has 1 aliphatic carbocycles. The molecular formula is C14H17N3O. The van der Waals surface area contributed by atoms with Gasteiger partial charge in [0.25, 0.3) is 0 Å². The second kappa shape index (κ2) is 4.72.